The number of carbonyl (C=O) groups is 1. The zero-order valence-corrected chi connectivity index (χ0v) is 12.6. The van der Waals surface area contributed by atoms with E-state index in [0.29, 0.717) is 18.7 Å². The van der Waals surface area contributed by atoms with Crippen molar-refractivity contribution in [2.24, 2.45) is 0 Å². The molecule has 0 unspecified atom stereocenters. The third-order valence-corrected chi connectivity index (χ3v) is 7.22. The fourth-order valence-electron chi connectivity index (χ4n) is 6.66. The fourth-order valence-corrected chi connectivity index (χ4v) is 6.66. The number of aliphatic hydroxyl groups is 1. The number of Topliss-reactive ketones (excluding diaryl/α,β-unsaturated/α-hetero) is 1. The van der Waals surface area contributed by atoms with Crippen LogP contribution in [0.25, 0.3) is 0 Å². The second-order valence-corrected chi connectivity index (χ2v) is 7.70. The number of phenols is 1. The summed E-state index contributed by atoms with van der Waals surface area (Å²) in [7, 11) is 0. The molecule has 0 radical (unpaired) electrons. The molecule has 0 aromatic heterocycles. The zero-order chi connectivity index (χ0) is 15.8. The summed E-state index contributed by atoms with van der Waals surface area (Å²) in [6, 6.07) is 3.55. The summed E-state index contributed by atoms with van der Waals surface area (Å²) in [4.78, 5) is 15.0. The smallest absolute Gasteiger partial charge is 0.176 e. The second kappa shape index (κ2) is 3.19. The first-order valence-corrected chi connectivity index (χ1v) is 8.16. The largest absolute Gasteiger partial charge is 0.504 e. The predicted molar refractivity (Wildman–Crippen MR) is 80.5 cm³/mol. The Labute approximate surface area is 133 Å². The van der Waals surface area contributed by atoms with Crippen LogP contribution in [0.1, 0.15) is 24.0 Å². The number of carbonyl (C=O) groups excluding carboxylic acids is 1. The lowest BCUT2D eigenvalue weighted by Gasteiger charge is -2.86. The van der Waals surface area contributed by atoms with Crippen molar-refractivity contribution >= 4 is 5.78 Å². The van der Waals surface area contributed by atoms with Gasteiger partial charge in [-0.05, 0) is 24.5 Å². The van der Waals surface area contributed by atoms with E-state index >= 15 is 0 Å². The average Bonchev–Trinajstić information content (AvgIpc) is 2.90. The van der Waals surface area contributed by atoms with Crippen LogP contribution in [-0.4, -0.2) is 50.7 Å². The fraction of sp³-hybridized carbons (Fsp3) is 0.500. The van der Waals surface area contributed by atoms with Crippen LogP contribution in [0.5, 0.6) is 11.5 Å². The van der Waals surface area contributed by atoms with Gasteiger partial charge in [0.15, 0.2) is 23.4 Å². The van der Waals surface area contributed by atoms with Crippen LogP contribution < -0.4 is 4.74 Å². The van der Waals surface area contributed by atoms with Gasteiger partial charge in [-0.25, -0.2) is 0 Å². The number of piperidine rings is 1. The Morgan fingerprint density at radius 1 is 1.48 bits per heavy atom. The maximum absolute atomic E-state index is 12.7. The standard InChI is InChI=1S/C18H17NO4/c1-2-5-19-12-6-9-3-4-10(20)14-13(9)17-8-16(19,18(12,17)22)7-11(21)15(17)23-14/h2-4,12,15,20,22H,1,5-8H2/t12-,15+,16+,17+,18+/m1/s1. The lowest BCUT2D eigenvalue weighted by molar-refractivity contribution is -0.382. The van der Waals surface area contributed by atoms with E-state index in [-0.39, 0.29) is 17.6 Å². The Bertz CT molecular complexity index is 835. The molecule has 0 amide bonds. The molecule has 3 fully saturated rings. The molecule has 5 heteroatoms. The molecule has 118 valence electrons. The average molecular weight is 311 g/mol. The van der Waals surface area contributed by atoms with E-state index in [1.807, 2.05) is 12.1 Å². The molecule has 2 bridgehead atoms. The third kappa shape index (κ3) is 0.874. The summed E-state index contributed by atoms with van der Waals surface area (Å²) in [6.45, 7) is 4.51. The number of hydrogen-bond donors (Lipinski definition) is 2. The highest BCUT2D eigenvalue weighted by Crippen LogP contribution is 2.80. The van der Waals surface area contributed by atoms with Crippen LogP contribution in [-0.2, 0) is 16.6 Å². The minimum atomic E-state index is -0.923. The van der Waals surface area contributed by atoms with Crippen LogP contribution in [0.15, 0.2) is 24.8 Å². The van der Waals surface area contributed by atoms with Gasteiger partial charge in [0, 0.05) is 24.6 Å². The van der Waals surface area contributed by atoms with Gasteiger partial charge < -0.3 is 14.9 Å². The number of likely N-dealkylation sites (tertiary alicyclic amines) is 1. The van der Waals surface area contributed by atoms with Gasteiger partial charge in [-0.1, -0.05) is 12.1 Å². The number of rotatable bonds is 2. The van der Waals surface area contributed by atoms with Gasteiger partial charge in [-0.3, -0.25) is 9.69 Å². The summed E-state index contributed by atoms with van der Waals surface area (Å²) in [6.07, 6.45) is 2.97. The lowest BCUT2D eigenvalue weighted by Crippen LogP contribution is -3.02. The van der Waals surface area contributed by atoms with Crippen molar-refractivity contribution in [3.8, 4) is 11.5 Å². The molecular weight excluding hydrogens is 294 g/mol. The number of nitrogens with zero attached hydrogens (tertiary/aromatic N) is 1. The monoisotopic (exact) mass is 311 g/mol. The van der Waals surface area contributed by atoms with E-state index in [1.165, 1.54) is 0 Å². The molecule has 5 aliphatic rings. The molecule has 5 nitrogen and oxygen atoms in total. The molecule has 1 aromatic rings. The summed E-state index contributed by atoms with van der Waals surface area (Å²) >= 11 is 0. The lowest BCUT2D eigenvalue weighted by atomic mass is 9.29. The van der Waals surface area contributed by atoms with Crippen molar-refractivity contribution < 1.29 is 19.7 Å². The first-order chi connectivity index (χ1) is 11.0. The van der Waals surface area contributed by atoms with Gasteiger partial charge in [0.1, 0.15) is 5.60 Å². The number of hydrogen-bond acceptors (Lipinski definition) is 5. The molecule has 2 spiro atoms. The van der Waals surface area contributed by atoms with E-state index in [9.17, 15) is 15.0 Å². The number of aromatic hydroxyl groups is 1. The predicted octanol–water partition coefficient (Wildman–Crippen LogP) is 0.664. The summed E-state index contributed by atoms with van der Waals surface area (Å²) < 4.78 is 5.91. The molecule has 5 atom stereocenters. The maximum Gasteiger partial charge on any atom is 0.176 e. The molecule has 1 saturated heterocycles. The van der Waals surface area contributed by atoms with Crippen molar-refractivity contribution in [3.63, 3.8) is 0 Å². The Hall–Kier alpha value is -1.85. The van der Waals surface area contributed by atoms with Crippen molar-refractivity contribution in [2.45, 2.75) is 48.0 Å². The van der Waals surface area contributed by atoms with Crippen molar-refractivity contribution in [3.05, 3.63) is 35.9 Å². The first kappa shape index (κ1) is 12.6. The Morgan fingerprint density at radius 2 is 2.30 bits per heavy atom. The summed E-state index contributed by atoms with van der Waals surface area (Å²) in [5, 5.41) is 21.9. The summed E-state index contributed by atoms with van der Waals surface area (Å²) in [5.74, 6) is 0.532. The van der Waals surface area contributed by atoms with Crippen LogP contribution in [0.3, 0.4) is 0 Å². The quantitative estimate of drug-likeness (QED) is 0.786. The van der Waals surface area contributed by atoms with E-state index in [2.05, 4.69) is 11.5 Å². The Balaban J connectivity index is 1.67. The second-order valence-electron chi connectivity index (χ2n) is 7.70. The number of phenolic OH excluding ortho intramolecular Hbond substituents is 1. The zero-order valence-electron chi connectivity index (χ0n) is 12.6. The van der Waals surface area contributed by atoms with Crippen molar-refractivity contribution in [1.82, 2.24) is 4.90 Å². The van der Waals surface area contributed by atoms with E-state index < -0.39 is 22.7 Å². The third-order valence-electron chi connectivity index (χ3n) is 7.22. The van der Waals surface area contributed by atoms with Crippen molar-refractivity contribution in [2.75, 3.05) is 6.54 Å². The molecule has 3 aliphatic carbocycles. The molecule has 23 heavy (non-hydrogen) atoms. The van der Waals surface area contributed by atoms with Gasteiger partial charge in [0.25, 0.3) is 0 Å². The van der Waals surface area contributed by atoms with Crippen LogP contribution in [0, 0.1) is 0 Å². The maximum atomic E-state index is 12.7. The molecule has 2 aliphatic heterocycles. The van der Waals surface area contributed by atoms with E-state index in [1.54, 1.807) is 6.07 Å². The highest BCUT2D eigenvalue weighted by molar-refractivity contribution is 5.95. The molecule has 2 N–H and O–H groups in total. The van der Waals surface area contributed by atoms with E-state index in [4.69, 9.17) is 4.74 Å². The van der Waals surface area contributed by atoms with Gasteiger partial charge in [0.05, 0.1) is 11.0 Å². The van der Waals surface area contributed by atoms with Crippen LogP contribution in [0.2, 0.25) is 0 Å². The molecule has 6 rings (SSSR count). The molecular formula is C18H17NO4. The SMILES string of the molecule is C=CCN1[C@@H]2Cc3ccc(O)c4c3[C@@]35C[C@@]1(CC(=O)[C@@H]3O4)[C@@]25O. The Kier molecular flexibility index (Phi) is 1.74. The minimum Gasteiger partial charge on any atom is -0.504 e. The minimum absolute atomic E-state index is 0.00329. The van der Waals surface area contributed by atoms with Gasteiger partial charge in [-0.15, -0.1) is 6.58 Å². The topological polar surface area (TPSA) is 70.0 Å². The van der Waals surface area contributed by atoms with Gasteiger partial charge in [0.2, 0.25) is 0 Å². The normalized spacial score (nSPS) is 47.3. The van der Waals surface area contributed by atoms with Crippen LogP contribution in [0.4, 0.5) is 0 Å². The van der Waals surface area contributed by atoms with Gasteiger partial charge in [-0.2, -0.15) is 0 Å². The number of benzene rings is 1. The summed E-state index contributed by atoms with van der Waals surface area (Å²) in [5.41, 5.74) is -0.0664. The highest BCUT2D eigenvalue weighted by Gasteiger charge is 2.94. The van der Waals surface area contributed by atoms with Crippen molar-refractivity contribution in [1.29, 1.82) is 0 Å². The van der Waals surface area contributed by atoms with E-state index in [0.717, 1.165) is 24.0 Å². The first-order valence-electron chi connectivity index (χ1n) is 8.16. The molecule has 1 aromatic carbocycles. The highest BCUT2D eigenvalue weighted by atomic mass is 16.5. The van der Waals surface area contributed by atoms with Gasteiger partial charge >= 0.3 is 0 Å². The molecule has 2 saturated carbocycles. The number of ether oxygens (including phenoxy) is 1. The number of ketones is 1. The molecule has 2 heterocycles. The Morgan fingerprint density at radius 3 is 3.09 bits per heavy atom. The van der Waals surface area contributed by atoms with Crippen LogP contribution >= 0.6 is 0 Å².